The van der Waals surface area contributed by atoms with Crippen molar-refractivity contribution >= 4 is 45.2 Å². The summed E-state index contributed by atoms with van der Waals surface area (Å²) in [7, 11) is 0. The number of anilines is 1. The monoisotopic (exact) mass is 671 g/mol. The molecule has 3 aromatic heterocycles. The number of aromatic nitrogens is 5. The van der Waals surface area contributed by atoms with Crippen LogP contribution >= 0.6 is 11.6 Å². The van der Waals surface area contributed by atoms with Crippen LogP contribution in [0.4, 0.5) is 5.82 Å². The van der Waals surface area contributed by atoms with E-state index < -0.39 is 11.4 Å². The summed E-state index contributed by atoms with van der Waals surface area (Å²) >= 11 is 6.00. The number of nitrogens with zero attached hydrogens (tertiary/aromatic N) is 6. The molecule has 1 spiro atoms. The molecule has 2 fully saturated rings. The van der Waals surface area contributed by atoms with Gasteiger partial charge in [-0.05, 0) is 89.5 Å². The van der Waals surface area contributed by atoms with Gasteiger partial charge in [0.2, 0.25) is 0 Å². The molecule has 8 rings (SSSR count). The zero-order valence-corrected chi connectivity index (χ0v) is 29.1. The summed E-state index contributed by atoms with van der Waals surface area (Å²) in [6, 6.07) is 12.9. The van der Waals surface area contributed by atoms with Gasteiger partial charge in [-0.1, -0.05) is 35.9 Å². The summed E-state index contributed by atoms with van der Waals surface area (Å²) in [5, 5.41) is 6.45. The lowest BCUT2D eigenvalue weighted by molar-refractivity contribution is -0.0368. The van der Waals surface area contributed by atoms with Crippen molar-refractivity contribution in [2.45, 2.75) is 83.2 Å². The number of rotatable bonds is 5. The van der Waals surface area contributed by atoms with Gasteiger partial charge in [-0.2, -0.15) is 5.10 Å². The Morgan fingerprint density at radius 2 is 1.87 bits per heavy atom. The molecule has 2 unspecified atom stereocenters. The Bertz CT molecular complexity index is 1950. The number of benzene rings is 2. The van der Waals surface area contributed by atoms with Crippen LogP contribution in [-0.4, -0.2) is 53.1 Å². The molecule has 11 heteroatoms. The molecule has 1 aliphatic carbocycles. The number of fused-ring (bicyclic) bond motifs is 3. The van der Waals surface area contributed by atoms with Gasteiger partial charge < -0.3 is 14.2 Å². The number of hydrogen-bond donors (Lipinski definition) is 1. The molecule has 3 atom stereocenters. The van der Waals surface area contributed by atoms with E-state index in [-0.39, 0.29) is 22.4 Å². The Labute approximate surface area is 284 Å². The smallest absolute Gasteiger partial charge is 0.154 e. The van der Waals surface area contributed by atoms with Crippen molar-refractivity contribution in [3.05, 3.63) is 76.8 Å². The second kappa shape index (κ2) is 11.8. The second-order valence-corrected chi connectivity index (χ2v) is 16.8. The minimum atomic E-state index is -1.16. The molecule has 1 N–H and O–H groups in total. The van der Waals surface area contributed by atoms with E-state index in [1.165, 1.54) is 11.1 Å². The highest BCUT2D eigenvalue weighted by atomic mass is 35.5. The number of aryl methyl sites for hydroxylation is 1. The van der Waals surface area contributed by atoms with Crippen molar-refractivity contribution in [3.8, 4) is 11.4 Å². The molecule has 0 amide bonds. The second-order valence-electron chi connectivity index (χ2n) is 14.4. The first-order valence-corrected chi connectivity index (χ1v) is 18.3. The summed E-state index contributed by atoms with van der Waals surface area (Å²) in [6.45, 7) is 10.6. The summed E-state index contributed by atoms with van der Waals surface area (Å²) in [5.74, 6) is 1.71. The first kappa shape index (κ1) is 31.1. The molecule has 2 saturated heterocycles. The van der Waals surface area contributed by atoms with Gasteiger partial charge in [0.15, 0.2) is 12.0 Å². The highest BCUT2D eigenvalue weighted by Crippen LogP contribution is 2.53. The molecule has 3 aliphatic rings. The van der Waals surface area contributed by atoms with Gasteiger partial charge in [-0.15, -0.1) is 4.72 Å². The SMILES string of the molecule is Cc1nn(C2CCCCO2)c2ccc(-c3ncc4c(N5CCC6(CC5)Cc5ccccc5[C@H]6N[S+]([O-])C(C)(C)C)nccn34)c(Cl)c12. The van der Waals surface area contributed by atoms with E-state index in [1.807, 2.05) is 51.0 Å². The van der Waals surface area contributed by atoms with Gasteiger partial charge >= 0.3 is 0 Å². The predicted molar refractivity (Wildman–Crippen MR) is 188 cm³/mol. The Hall–Kier alpha value is -3.15. The Balaban J connectivity index is 1.08. The summed E-state index contributed by atoms with van der Waals surface area (Å²) in [4.78, 5) is 12.2. The van der Waals surface area contributed by atoms with E-state index in [0.717, 1.165) is 97.5 Å². The maximum absolute atomic E-state index is 13.3. The van der Waals surface area contributed by atoms with Gasteiger partial charge in [0, 0.05) is 59.8 Å². The summed E-state index contributed by atoms with van der Waals surface area (Å²) in [6.07, 6.45) is 11.8. The fourth-order valence-corrected chi connectivity index (χ4v) is 9.25. The number of imidazole rings is 1. The van der Waals surface area contributed by atoms with Crippen molar-refractivity contribution in [2.24, 2.45) is 5.41 Å². The van der Waals surface area contributed by atoms with Crippen LogP contribution in [0.3, 0.4) is 0 Å². The number of nitrogens with one attached hydrogen (secondary N) is 1. The number of hydrogen-bond acceptors (Lipinski definition) is 7. The Kier molecular flexibility index (Phi) is 7.80. The van der Waals surface area contributed by atoms with Crippen molar-refractivity contribution in [1.82, 2.24) is 28.9 Å². The summed E-state index contributed by atoms with van der Waals surface area (Å²) in [5.41, 5.74) is 6.36. The fourth-order valence-electron chi connectivity index (χ4n) is 7.92. The van der Waals surface area contributed by atoms with E-state index in [1.54, 1.807) is 0 Å². The van der Waals surface area contributed by atoms with Crippen LogP contribution in [0.15, 0.2) is 55.0 Å². The Morgan fingerprint density at radius 3 is 2.64 bits per heavy atom. The van der Waals surface area contributed by atoms with Gasteiger partial charge in [0.25, 0.3) is 0 Å². The van der Waals surface area contributed by atoms with Crippen LogP contribution in [0.25, 0.3) is 27.8 Å². The normalized spacial score (nSPS) is 22.0. The topological polar surface area (TPSA) is 95.6 Å². The zero-order chi connectivity index (χ0) is 32.5. The van der Waals surface area contributed by atoms with Crippen molar-refractivity contribution in [1.29, 1.82) is 0 Å². The molecule has 0 radical (unpaired) electrons. The van der Waals surface area contributed by atoms with Crippen LogP contribution in [0.2, 0.25) is 5.02 Å². The Morgan fingerprint density at radius 1 is 1.06 bits per heavy atom. The zero-order valence-electron chi connectivity index (χ0n) is 27.5. The first-order valence-electron chi connectivity index (χ1n) is 16.8. The molecule has 47 heavy (non-hydrogen) atoms. The average molecular weight is 672 g/mol. The number of ether oxygens (including phenoxy) is 1. The minimum absolute atomic E-state index is 0.00543. The molecule has 0 bridgehead atoms. The van der Waals surface area contributed by atoms with Gasteiger partial charge in [-0.3, -0.25) is 4.40 Å². The third-order valence-electron chi connectivity index (χ3n) is 10.5. The quantitative estimate of drug-likeness (QED) is 0.195. The van der Waals surface area contributed by atoms with Crippen LogP contribution in [0, 0.1) is 12.3 Å². The van der Waals surface area contributed by atoms with Gasteiger partial charge in [0.1, 0.15) is 16.1 Å². The molecule has 0 saturated carbocycles. The largest absolute Gasteiger partial charge is 0.598 e. The van der Waals surface area contributed by atoms with Crippen LogP contribution < -0.4 is 9.62 Å². The van der Waals surface area contributed by atoms with Crippen molar-refractivity contribution < 1.29 is 9.29 Å². The minimum Gasteiger partial charge on any atom is -0.598 e. The van der Waals surface area contributed by atoms with E-state index in [2.05, 4.69) is 50.4 Å². The van der Waals surface area contributed by atoms with E-state index in [0.29, 0.717) is 5.02 Å². The van der Waals surface area contributed by atoms with E-state index >= 15 is 0 Å². The molecular weight excluding hydrogens is 630 g/mol. The van der Waals surface area contributed by atoms with Crippen LogP contribution in [0.5, 0.6) is 0 Å². The first-order chi connectivity index (χ1) is 22.6. The van der Waals surface area contributed by atoms with E-state index in [9.17, 15) is 4.55 Å². The maximum atomic E-state index is 13.3. The van der Waals surface area contributed by atoms with Crippen LogP contribution in [0.1, 0.15) is 82.0 Å². The van der Waals surface area contributed by atoms with Crippen LogP contribution in [-0.2, 0) is 22.5 Å². The molecule has 5 aromatic rings. The third-order valence-corrected chi connectivity index (χ3v) is 12.4. The summed E-state index contributed by atoms with van der Waals surface area (Å²) < 4.78 is 26.7. The van der Waals surface area contributed by atoms with E-state index in [4.69, 9.17) is 31.4 Å². The fraction of sp³-hybridized carbons (Fsp3) is 0.472. The number of piperidine rings is 1. The van der Waals surface area contributed by atoms with Crippen molar-refractivity contribution in [2.75, 3.05) is 24.6 Å². The molecule has 2 aliphatic heterocycles. The molecule has 246 valence electrons. The molecule has 2 aromatic carbocycles. The predicted octanol–water partition coefficient (Wildman–Crippen LogP) is 7.34. The molecule has 9 nitrogen and oxygen atoms in total. The lowest BCUT2D eigenvalue weighted by Crippen LogP contribution is -2.49. The molecular formula is C36H42ClN7O2S. The van der Waals surface area contributed by atoms with Crippen molar-refractivity contribution in [3.63, 3.8) is 0 Å². The maximum Gasteiger partial charge on any atom is 0.154 e. The average Bonchev–Trinajstić information content (AvgIpc) is 3.74. The highest BCUT2D eigenvalue weighted by Gasteiger charge is 2.50. The lowest BCUT2D eigenvalue weighted by atomic mass is 9.73. The third kappa shape index (κ3) is 5.24. The highest BCUT2D eigenvalue weighted by molar-refractivity contribution is 7.90. The standard InChI is InChI=1S/C36H42ClN7O2S/c1-23-30-27(44(40-23)29-11-7-8-20-46-29)13-12-26(31(30)37)33-39-22-28-34(38-16-19-43(28)33)42-17-14-36(15-18-42)21-24-9-5-6-10-25(24)32(36)41-47(45)35(2,3)4/h5-6,9-10,12-13,16,19,22,29,32,41H,7-8,11,14-15,17-18,20-21H2,1-4H3/t29?,32-,47?/m1/s1. The lowest BCUT2D eigenvalue weighted by Gasteiger charge is -2.44. The molecule has 5 heterocycles. The number of halogens is 1. The van der Waals surface area contributed by atoms with Gasteiger partial charge in [0.05, 0.1) is 28.5 Å². The van der Waals surface area contributed by atoms with Gasteiger partial charge in [-0.25, -0.2) is 14.6 Å².